The zero-order valence-electron chi connectivity index (χ0n) is 17.0. The molecule has 0 N–H and O–H groups in total. The van der Waals surface area contributed by atoms with E-state index in [9.17, 15) is 19.2 Å². The molecule has 8 heteroatoms. The highest BCUT2D eigenvalue weighted by atomic mass is 79.9. The van der Waals surface area contributed by atoms with Crippen molar-refractivity contribution in [3.63, 3.8) is 0 Å². The van der Waals surface area contributed by atoms with Crippen LogP contribution in [0.15, 0.2) is 69.6 Å². The largest absolute Gasteiger partial charge is 0.386 e. The molecule has 2 aliphatic heterocycles. The lowest BCUT2D eigenvalue weighted by molar-refractivity contribution is 0.0390. The molecule has 2 heterocycles. The minimum atomic E-state index is -0.582. The van der Waals surface area contributed by atoms with Gasteiger partial charge in [0.2, 0.25) is 0 Å². The lowest BCUT2D eigenvalue weighted by atomic mass is 9.94. The first-order valence-electron chi connectivity index (χ1n) is 9.81. The van der Waals surface area contributed by atoms with Gasteiger partial charge in [-0.25, -0.2) is 9.59 Å². The van der Waals surface area contributed by atoms with Crippen LogP contribution in [0.5, 0.6) is 0 Å². The van der Waals surface area contributed by atoms with Crippen molar-refractivity contribution in [1.29, 1.82) is 0 Å². The van der Waals surface area contributed by atoms with Gasteiger partial charge in [-0.2, -0.15) is 0 Å². The van der Waals surface area contributed by atoms with Crippen LogP contribution in [0, 0.1) is 0 Å². The van der Waals surface area contributed by atoms with E-state index in [1.165, 1.54) is 7.05 Å². The molecule has 2 aliphatic rings. The predicted molar refractivity (Wildman–Crippen MR) is 129 cm³/mol. The molecule has 0 radical (unpaired) electrons. The highest BCUT2D eigenvalue weighted by molar-refractivity contribution is 9.11. The van der Waals surface area contributed by atoms with Gasteiger partial charge in [0.25, 0.3) is 11.8 Å². The third-order valence-electron chi connectivity index (χ3n) is 5.67. The number of nitrogens with zero attached hydrogens (tertiary/aromatic N) is 1. The van der Waals surface area contributed by atoms with Crippen LogP contribution in [0.4, 0.5) is 0 Å². The average Bonchev–Trinajstić information content (AvgIpc) is 2.82. The number of amides is 2. The van der Waals surface area contributed by atoms with Crippen LogP contribution < -0.4 is 0 Å². The highest BCUT2D eigenvalue weighted by Gasteiger charge is 2.30. The van der Waals surface area contributed by atoms with Crippen LogP contribution in [-0.2, 0) is 4.74 Å². The van der Waals surface area contributed by atoms with Crippen molar-refractivity contribution in [3.8, 4) is 0 Å². The molecule has 0 fully saturated rings. The second-order valence-electron chi connectivity index (χ2n) is 7.49. The number of imide groups is 1. The van der Waals surface area contributed by atoms with Crippen LogP contribution in [0.3, 0.4) is 0 Å². The topological polar surface area (TPSA) is 80.8 Å². The summed E-state index contributed by atoms with van der Waals surface area (Å²) in [7, 11) is 1.51. The number of halogens is 2. The fourth-order valence-corrected chi connectivity index (χ4v) is 5.01. The fraction of sp³-hybridized carbons (Fsp3) is 0.0400. The molecule has 0 unspecified atom stereocenters. The molecule has 0 bridgehead atoms. The summed E-state index contributed by atoms with van der Waals surface area (Å²) in [5.74, 6) is -1.65. The van der Waals surface area contributed by atoms with Crippen LogP contribution in [0.1, 0.15) is 41.4 Å². The molecule has 0 saturated carbocycles. The zero-order valence-corrected chi connectivity index (χ0v) is 20.2. The molecule has 6 rings (SSSR count). The Balaban J connectivity index is 0.000000139. The van der Waals surface area contributed by atoms with Gasteiger partial charge in [-0.05, 0) is 47.2 Å². The maximum Gasteiger partial charge on any atom is 0.346 e. The monoisotopic (exact) mass is 565 g/mol. The predicted octanol–water partition coefficient (Wildman–Crippen LogP) is 5.74. The summed E-state index contributed by atoms with van der Waals surface area (Å²) < 4.78 is 6.40. The number of carbonyl (C=O) groups is 4. The minimum Gasteiger partial charge on any atom is -0.386 e. The first-order valence-corrected chi connectivity index (χ1v) is 11.4. The van der Waals surface area contributed by atoms with E-state index in [0.29, 0.717) is 27.6 Å². The van der Waals surface area contributed by atoms with E-state index in [1.807, 2.05) is 24.3 Å². The van der Waals surface area contributed by atoms with E-state index in [2.05, 4.69) is 36.6 Å². The summed E-state index contributed by atoms with van der Waals surface area (Å²) in [5.41, 5.74) is 2.05. The van der Waals surface area contributed by atoms with Gasteiger partial charge < -0.3 is 4.74 Å². The molecule has 0 aromatic heterocycles. The third-order valence-corrected chi connectivity index (χ3v) is 7.05. The number of cyclic esters (lactones) is 2. The van der Waals surface area contributed by atoms with Crippen LogP contribution in [0.25, 0.3) is 21.5 Å². The van der Waals surface area contributed by atoms with Gasteiger partial charge in [-0.1, -0.05) is 56.1 Å². The van der Waals surface area contributed by atoms with E-state index in [-0.39, 0.29) is 11.8 Å². The van der Waals surface area contributed by atoms with Crippen molar-refractivity contribution in [2.24, 2.45) is 0 Å². The molecule has 6 nitrogen and oxygen atoms in total. The molecule has 4 aromatic rings. The standard InChI is InChI=1S/C13H8BrNO2.C12H5BrO3/c1-15-12(16)8-4-2-3-7-10(14)6-5-9(11(7)8)13(15)17;13-9-5-4-8-10-6(9)2-1-3-7(10)11(14)16-12(8)15/h2-6H,1H3;1-5H. The van der Waals surface area contributed by atoms with Crippen molar-refractivity contribution < 1.29 is 23.9 Å². The van der Waals surface area contributed by atoms with E-state index in [1.54, 1.807) is 36.4 Å². The van der Waals surface area contributed by atoms with E-state index in [4.69, 9.17) is 0 Å². The summed E-state index contributed by atoms with van der Waals surface area (Å²) >= 11 is 6.83. The van der Waals surface area contributed by atoms with E-state index >= 15 is 0 Å². The van der Waals surface area contributed by atoms with Crippen molar-refractivity contribution in [2.45, 2.75) is 0 Å². The molecule has 0 saturated heterocycles. The normalized spacial score (nSPS) is 14.3. The fourth-order valence-electron chi connectivity index (χ4n) is 4.09. The maximum atomic E-state index is 12.0. The van der Waals surface area contributed by atoms with Crippen LogP contribution in [-0.4, -0.2) is 35.7 Å². The number of benzene rings is 4. The van der Waals surface area contributed by atoms with Gasteiger partial charge in [0.1, 0.15) is 0 Å². The summed E-state index contributed by atoms with van der Waals surface area (Å²) in [5, 5.41) is 3.16. The molecule has 2 amide bonds. The van der Waals surface area contributed by atoms with Gasteiger partial charge in [0.15, 0.2) is 0 Å². The second-order valence-corrected chi connectivity index (χ2v) is 9.20. The zero-order chi connectivity index (χ0) is 23.4. The number of carbonyl (C=O) groups excluding carboxylic acids is 4. The van der Waals surface area contributed by atoms with Gasteiger partial charge in [-0.15, -0.1) is 0 Å². The number of hydrogen-bond donors (Lipinski definition) is 0. The Hall–Kier alpha value is -3.36. The second kappa shape index (κ2) is 7.90. The Bertz CT molecular complexity index is 1520. The maximum absolute atomic E-state index is 12.0. The molecular weight excluding hydrogens is 554 g/mol. The van der Waals surface area contributed by atoms with Crippen LogP contribution in [0.2, 0.25) is 0 Å². The third kappa shape index (κ3) is 3.29. The molecule has 33 heavy (non-hydrogen) atoms. The van der Waals surface area contributed by atoms with Gasteiger partial charge >= 0.3 is 11.9 Å². The first-order chi connectivity index (χ1) is 15.8. The van der Waals surface area contributed by atoms with E-state index < -0.39 is 11.9 Å². The van der Waals surface area contributed by atoms with Crippen molar-refractivity contribution >= 4 is 77.2 Å². The number of rotatable bonds is 0. The molecular formula is C25H13Br2NO5. The van der Waals surface area contributed by atoms with Gasteiger partial charge in [0.05, 0.1) is 11.1 Å². The van der Waals surface area contributed by atoms with E-state index in [0.717, 1.165) is 30.0 Å². The highest BCUT2D eigenvalue weighted by Crippen LogP contribution is 2.34. The van der Waals surface area contributed by atoms with Crippen molar-refractivity contribution in [2.75, 3.05) is 7.05 Å². The SMILES string of the molecule is CN1C(=O)c2cccc3c(Br)ccc(c23)C1=O.O=C1OC(=O)c2ccc(Br)c3cccc1c23. The molecule has 0 atom stereocenters. The minimum absolute atomic E-state index is 0.244. The Kier molecular flexibility index (Phi) is 5.14. The number of esters is 2. The van der Waals surface area contributed by atoms with Gasteiger partial charge in [0, 0.05) is 37.9 Å². The Labute approximate surface area is 204 Å². The quantitative estimate of drug-likeness (QED) is 0.154. The molecule has 0 spiro atoms. The molecule has 4 aromatic carbocycles. The van der Waals surface area contributed by atoms with Gasteiger partial charge in [-0.3, -0.25) is 14.5 Å². The first kappa shape index (κ1) is 21.5. The number of ether oxygens (including phenoxy) is 1. The Morgan fingerprint density at radius 1 is 0.606 bits per heavy atom. The average molecular weight is 567 g/mol. The van der Waals surface area contributed by atoms with Crippen molar-refractivity contribution in [1.82, 2.24) is 4.90 Å². The Morgan fingerprint density at radius 2 is 1.03 bits per heavy atom. The molecule has 0 aliphatic carbocycles. The number of hydrogen-bond acceptors (Lipinski definition) is 5. The summed E-state index contributed by atoms with van der Waals surface area (Å²) in [4.78, 5) is 48.3. The lowest BCUT2D eigenvalue weighted by Crippen LogP contribution is -2.36. The Morgan fingerprint density at radius 3 is 1.61 bits per heavy atom. The summed E-state index contributed by atoms with van der Waals surface area (Å²) in [6.07, 6.45) is 0. The van der Waals surface area contributed by atoms with Crippen molar-refractivity contribution in [3.05, 3.63) is 91.9 Å². The summed E-state index contributed by atoms with van der Waals surface area (Å²) in [6.45, 7) is 0. The summed E-state index contributed by atoms with van der Waals surface area (Å²) in [6, 6.07) is 17.8. The smallest absolute Gasteiger partial charge is 0.346 e. The lowest BCUT2D eigenvalue weighted by Gasteiger charge is -2.23. The molecule has 162 valence electrons. The van der Waals surface area contributed by atoms with Crippen LogP contribution >= 0.6 is 31.9 Å².